The zero-order valence-electron chi connectivity index (χ0n) is 14.6. The molecule has 0 aromatic carbocycles. The van der Waals surface area contributed by atoms with Crippen molar-refractivity contribution in [2.24, 2.45) is 11.3 Å². The summed E-state index contributed by atoms with van der Waals surface area (Å²) in [5, 5.41) is 0. The number of Topliss-reactive ketones (excluding diaryl/α,β-unsaturated/α-hetero) is 2. The molecule has 0 unspecified atom stereocenters. The van der Waals surface area contributed by atoms with Crippen LogP contribution < -0.4 is 0 Å². The zero-order valence-corrected chi connectivity index (χ0v) is 14.6. The van der Waals surface area contributed by atoms with Gasteiger partial charge in [-0.1, -0.05) is 27.2 Å². The standard InChI is InChI=1S/C18H27NO4/c1-5-8-12(19-9-6-7-10-19)14-13(20)11-18(2,3)15(16(14)21)17(22)23-4/h15H,5-11H2,1-4H3/b14-12+/t15-/m1/s1. The predicted octanol–water partition coefficient (Wildman–Crippen LogP) is 2.49. The molecule has 0 aromatic heterocycles. The van der Waals surface area contributed by atoms with Gasteiger partial charge in [-0.3, -0.25) is 14.4 Å². The Balaban J connectivity index is 2.50. The number of likely N-dealkylation sites (tertiary alicyclic amines) is 1. The molecule has 2 aliphatic rings. The number of carbonyl (C=O) groups excluding carboxylic acids is 3. The average molecular weight is 321 g/mol. The van der Waals surface area contributed by atoms with E-state index in [-0.39, 0.29) is 23.6 Å². The summed E-state index contributed by atoms with van der Waals surface area (Å²) in [6.07, 6.45) is 3.92. The van der Waals surface area contributed by atoms with Gasteiger partial charge >= 0.3 is 5.97 Å². The topological polar surface area (TPSA) is 63.7 Å². The minimum absolute atomic E-state index is 0.129. The number of carbonyl (C=O) groups is 3. The molecule has 0 aromatic rings. The molecule has 0 amide bonds. The van der Waals surface area contributed by atoms with E-state index >= 15 is 0 Å². The van der Waals surface area contributed by atoms with Crippen LogP contribution in [0.15, 0.2) is 11.3 Å². The molecule has 5 nitrogen and oxygen atoms in total. The van der Waals surface area contributed by atoms with Crippen molar-refractivity contribution in [1.82, 2.24) is 4.90 Å². The van der Waals surface area contributed by atoms with Gasteiger partial charge in [-0.25, -0.2) is 0 Å². The third-order valence-corrected chi connectivity index (χ3v) is 4.89. The smallest absolute Gasteiger partial charge is 0.317 e. The van der Waals surface area contributed by atoms with Crippen LogP contribution in [0.5, 0.6) is 0 Å². The molecule has 1 saturated carbocycles. The lowest BCUT2D eigenvalue weighted by atomic mass is 9.65. The zero-order chi connectivity index (χ0) is 17.2. The molecule has 128 valence electrons. The van der Waals surface area contributed by atoms with Gasteiger partial charge in [0.2, 0.25) is 0 Å². The maximum atomic E-state index is 13.0. The van der Waals surface area contributed by atoms with Gasteiger partial charge in [0.15, 0.2) is 11.6 Å². The number of hydrogen-bond acceptors (Lipinski definition) is 5. The molecule has 0 N–H and O–H groups in total. The van der Waals surface area contributed by atoms with Crippen molar-refractivity contribution < 1.29 is 19.1 Å². The van der Waals surface area contributed by atoms with Crippen LogP contribution in [0.2, 0.25) is 0 Å². The van der Waals surface area contributed by atoms with Crippen LogP contribution in [0.25, 0.3) is 0 Å². The van der Waals surface area contributed by atoms with Crippen molar-refractivity contribution in [3.8, 4) is 0 Å². The summed E-state index contributed by atoms with van der Waals surface area (Å²) in [5.41, 5.74) is 0.389. The van der Waals surface area contributed by atoms with Gasteiger partial charge in [-0.2, -0.15) is 0 Å². The highest BCUT2D eigenvalue weighted by Crippen LogP contribution is 2.41. The highest BCUT2D eigenvalue weighted by Gasteiger charge is 2.50. The summed E-state index contributed by atoms with van der Waals surface area (Å²) in [6.45, 7) is 7.38. The van der Waals surface area contributed by atoms with Crippen molar-refractivity contribution >= 4 is 17.5 Å². The molecule has 0 bridgehead atoms. The molecule has 2 rings (SSSR count). The van der Waals surface area contributed by atoms with Gasteiger partial charge in [0.1, 0.15) is 5.92 Å². The number of rotatable bonds is 4. The molecule has 23 heavy (non-hydrogen) atoms. The van der Waals surface area contributed by atoms with Crippen LogP contribution in [0, 0.1) is 11.3 Å². The molecule has 5 heteroatoms. The Kier molecular flexibility index (Phi) is 5.27. The fourth-order valence-electron chi connectivity index (χ4n) is 3.75. The molecule has 1 aliphatic carbocycles. The van der Waals surface area contributed by atoms with Gasteiger partial charge in [0, 0.05) is 25.2 Å². The van der Waals surface area contributed by atoms with E-state index in [2.05, 4.69) is 4.90 Å². The first-order valence-electron chi connectivity index (χ1n) is 8.46. The Hall–Kier alpha value is -1.65. The Bertz CT molecular complexity index is 541. The first-order chi connectivity index (χ1) is 10.8. The van der Waals surface area contributed by atoms with Crippen LogP contribution in [-0.4, -0.2) is 42.6 Å². The molecule has 0 radical (unpaired) electrons. The lowest BCUT2D eigenvalue weighted by molar-refractivity contribution is -0.155. The summed E-state index contributed by atoms with van der Waals surface area (Å²) in [6, 6.07) is 0. The summed E-state index contributed by atoms with van der Waals surface area (Å²) in [5.74, 6) is -1.92. The second-order valence-electron chi connectivity index (χ2n) is 7.17. The number of ether oxygens (including phenoxy) is 1. The van der Waals surface area contributed by atoms with Gasteiger partial charge in [0.05, 0.1) is 12.7 Å². The SMILES string of the molecule is CCC/C(=C1/C(=O)CC(C)(C)[C@@H](C(=O)OC)C1=O)N1CCCC1. The maximum absolute atomic E-state index is 13.0. The molecule has 2 fully saturated rings. The fraction of sp³-hybridized carbons (Fsp3) is 0.722. The summed E-state index contributed by atoms with van der Waals surface area (Å²) in [7, 11) is 1.29. The average Bonchev–Trinajstić information content (AvgIpc) is 2.98. The van der Waals surface area contributed by atoms with Crippen LogP contribution in [0.3, 0.4) is 0 Å². The quantitative estimate of drug-likeness (QED) is 0.344. The van der Waals surface area contributed by atoms with Crippen molar-refractivity contribution in [3.05, 3.63) is 11.3 Å². The van der Waals surface area contributed by atoms with E-state index < -0.39 is 17.3 Å². The fourth-order valence-corrected chi connectivity index (χ4v) is 3.75. The van der Waals surface area contributed by atoms with Gasteiger partial charge in [0.25, 0.3) is 0 Å². The normalized spacial score (nSPS) is 26.4. The van der Waals surface area contributed by atoms with E-state index in [1.54, 1.807) is 13.8 Å². The van der Waals surface area contributed by atoms with Crippen LogP contribution in [0.4, 0.5) is 0 Å². The van der Waals surface area contributed by atoms with Crippen molar-refractivity contribution in [2.45, 2.75) is 52.9 Å². The van der Waals surface area contributed by atoms with E-state index in [1.807, 2.05) is 6.92 Å². The third-order valence-electron chi connectivity index (χ3n) is 4.89. The second kappa shape index (κ2) is 6.85. The molecular formula is C18H27NO4. The largest absolute Gasteiger partial charge is 0.468 e. The van der Waals surface area contributed by atoms with Crippen molar-refractivity contribution in [1.29, 1.82) is 0 Å². The minimum Gasteiger partial charge on any atom is -0.468 e. The van der Waals surface area contributed by atoms with E-state index in [1.165, 1.54) is 7.11 Å². The van der Waals surface area contributed by atoms with Gasteiger partial charge in [-0.15, -0.1) is 0 Å². The van der Waals surface area contributed by atoms with Crippen LogP contribution in [-0.2, 0) is 19.1 Å². The number of hydrogen-bond donors (Lipinski definition) is 0. The number of esters is 1. The van der Waals surface area contributed by atoms with Gasteiger partial charge < -0.3 is 9.64 Å². The Morgan fingerprint density at radius 3 is 2.39 bits per heavy atom. The molecule has 1 saturated heterocycles. The first-order valence-corrected chi connectivity index (χ1v) is 8.46. The van der Waals surface area contributed by atoms with Crippen molar-refractivity contribution in [2.75, 3.05) is 20.2 Å². The van der Waals surface area contributed by atoms with E-state index in [0.717, 1.165) is 38.0 Å². The Labute approximate surface area is 138 Å². The lowest BCUT2D eigenvalue weighted by Crippen LogP contribution is -2.47. The molecular weight excluding hydrogens is 294 g/mol. The van der Waals surface area contributed by atoms with E-state index in [4.69, 9.17) is 4.74 Å². The van der Waals surface area contributed by atoms with E-state index in [9.17, 15) is 14.4 Å². The molecule has 1 heterocycles. The third kappa shape index (κ3) is 3.33. The predicted molar refractivity (Wildman–Crippen MR) is 86.7 cm³/mol. The number of allylic oxidation sites excluding steroid dienone is 2. The van der Waals surface area contributed by atoms with Crippen LogP contribution in [0.1, 0.15) is 52.9 Å². The summed E-state index contributed by atoms with van der Waals surface area (Å²) >= 11 is 0. The van der Waals surface area contributed by atoms with E-state index in [0.29, 0.717) is 6.42 Å². The van der Waals surface area contributed by atoms with Crippen molar-refractivity contribution in [3.63, 3.8) is 0 Å². The van der Waals surface area contributed by atoms with Gasteiger partial charge in [-0.05, 0) is 24.7 Å². The lowest BCUT2D eigenvalue weighted by Gasteiger charge is -2.37. The highest BCUT2D eigenvalue weighted by atomic mass is 16.5. The molecule has 1 aliphatic heterocycles. The second-order valence-corrected chi connectivity index (χ2v) is 7.17. The Morgan fingerprint density at radius 2 is 1.87 bits per heavy atom. The minimum atomic E-state index is -0.894. The Morgan fingerprint density at radius 1 is 1.26 bits per heavy atom. The summed E-state index contributed by atoms with van der Waals surface area (Å²) in [4.78, 5) is 40.0. The monoisotopic (exact) mass is 321 g/mol. The molecule has 0 spiro atoms. The number of ketones is 2. The number of nitrogens with zero attached hydrogens (tertiary/aromatic N) is 1. The summed E-state index contributed by atoms with van der Waals surface area (Å²) < 4.78 is 4.84. The maximum Gasteiger partial charge on any atom is 0.317 e. The first kappa shape index (κ1) is 17.7. The highest BCUT2D eigenvalue weighted by molar-refractivity contribution is 6.27. The van der Waals surface area contributed by atoms with Crippen LogP contribution >= 0.6 is 0 Å². The number of methoxy groups -OCH3 is 1. The molecule has 1 atom stereocenters.